The molecule has 1 amide bonds. The van der Waals surface area contributed by atoms with Crippen LogP contribution in [0.4, 0.5) is 4.39 Å². The third-order valence-electron chi connectivity index (χ3n) is 3.25. The predicted octanol–water partition coefficient (Wildman–Crippen LogP) is 1.06. The summed E-state index contributed by atoms with van der Waals surface area (Å²) in [4.78, 5) is 11.9. The van der Waals surface area contributed by atoms with Crippen LogP contribution in [-0.4, -0.2) is 31.4 Å². The molecule has 1 heterocycles. The summed E-state index contributed by atoms with van der Waals surface area (Å²) in [5, 5.41) is 2.70. The van der Waals surface area contributed by atoms with Crippen molar-refractivity contribution in [3.63, 3.8) is 0 Å². The second kappa shape index (κ2) is 4.92. The molecule has 0 saturated carbocycles. The zero-order valence-corrected chi connectivity index (χ0v) is 11.5. The first-order valence-electron chi connectivity index (χ1n) is 6.05. The molecule has 104 valence electrons. The van der Waals surface area contributed by atoms with Crippen LogP contribution in [0.2, 0.25) is 0 Å². The molecule has 0 radical (unpaired) electrons. The number of carbonyl (C=O) groups excluding carboxylic acids is 1. The minimum atomic E-state index is -3.07. The maximum Gasteiger partial charge on any atom is 0.224 e. The first kappa shape index (κ1) is 14.0. The van der Waals surface area contributed by atoms with Gasteiger partial charge < -0.3 is 5.32 Å². The number of sulfone groups is 1. The van der Waals surface area contributed by atoms with Gasteiger partial charge in [0.1, 0.15) is 5.82 Å². The maximum absolute atomic E-state index is 13.4. The molecule has 1 aromatic rings. The third kappa shape index (κ3) is 3.53. The van der Waals surface area contributed by atoms with Crippen molar-refractivity contribution in [2.75, 3.05) is 11.5 Å². The molecule has 0 aliphatic carbocycles. The predicted molar refractivity (Wildman–Crippen MR) is 69.9 cm³/mol. The number of rotatable bonds is 3. The quantitative estimate of drug-likeness (QED) is 0.903. The first-order valence-corrected chi connectivity index (χ1v) is 7.87. The zero-order chi connectivity index (χ0) is 14.1. The van der Waals surface area contributed by atoms with Gasteiger partial charge >= 0.3 is 0 Å². The Morgan fingerprint density at radius 2 is 2.11 bits per heavy atom. The molecule has 6 heteroatoms. The Hall–Kier alpha value is -1.43. The SMILES string of the molecule is CC1(NC(=O)Cc2ccccc2F)CCS(=O)(=O)C1. The molecule has 1 aliphatic rings. The molecule has 1 aromatic carbocycles. The van der Waals surface area contributed by atoms with Crippen molar-refractivity contribution >= 4 is 15.7 Å². The van der Waals surface area contributed by atoms with E-state index in [0.717, 1.165) is 0 Å². The number of halogens is 1. The fourth-order valence-electron chi connectivity index (χ4n) is 2.30. The highest BCUT2D eigenvalue weighted by molar-refractivity contribution is 7.91. The van der Waals surface area contributed by atoms with Gasteiger partial charge in [0.25, 0.3) is 0 Å². The fourth-order valence-corrected chi connectivity index (χ4v) is 4.40. The Kier molecular flexibility index (Phi) is 3.62. The van der Waals surface area contributed by atoms with E-state index in [2.05, 4.69) is 5.32 Å². The molecule has 0 aromatic heterocycles. The fraction of sp³-hybridized carbons (Fsp3) is 0.462. The Bertz CT molecular complexity index is 600. The van der Waals surface area contributed by atoms with Crippen LogP contribution in [0.1, 0.15) is 18.9 Å². The van der Waals surface area contributed by atoms with Gasteiger partial charge in [-0.1, -0.05) is 18.2 Å². The van der Waals surface area contributed by atoms with Crippen molar-refractivity contribution in [1.82, 2.24) is 5.32 Å². The molecule has 1 atom stereocenters. The van der Waals surface area contributed by atoms with E-state index in [9.17, 15) is 17.6 Å². The highest BCUT2D eigenvalue weighted by Gasteiger charge is 2.39. The largest absolute Gasteiger partial charge is 0.350 e. The van der Waals surface area contributed by atoms with Gasteiger partial charge in [-0.2, -0.15) is 0 Å². The van der Waals surface area contributed by atoms with E-state index in [-0.39, 0.29) is 23.8 Å². The Morgan fingerprint density at radius 3 is 2.68 bits per heavy atom. The van der Waals surface area contributed by atoms with Gasteiger partial charge in [0.15, 0.2) is 9.84 Å². The Labute approximate surface area is 111 Å². The minimum Gasteiger partial charge on any atom is -0.350 e. The number of nitrogens with one attached hydrogen (secondary N) is 1. The summed E-state index contributed by atoms with van der Waals surface area (Å²) in [6.45, 7) is 1.71. The first-order chi connectivity index (χ1) is 8.80. The van der Waals surface area contributed by atoms with Crippen molar-refractivity contribution < 1.29 is 17.6 Å². The van der Waals surface area contributed by atoms with Crippen LogP contribution in [0.25, 0.3) is 0 Å². The molecule has 1 N–H and O–H groups in total. The molecule has 1 saturated heterocycles. The number of hydrogen-bond donors (Lipinski definition) is 1. The van der Waals surface area contributed by atoms with Crippen LogP contribution in [0.15, 0.2) is 24.3 Å². The summed E-state index contributed by atoms with van der Waals surface area (Å²) in [6.07, 6.45) is 0.320. The van der Waals surface area contributed by atoms with E-state index in [4.69, 9.17) is 0 Å². The topological polar surface area (TPSA) is 63.2 Å². The summed E-state index contributed by atoms with van der Waals surface area (Å²) in [5.41, 5.74) is -0.425. The monoisotopic (exact) mass is 285 g/mol. The van der Waals surface area contributed by atoms with Crippen molar-refractivity contribution in [1.29, 1.82) is 0 Å². The lowest BCUT2D eigenvalue weighted by atomic mass is 10.0. The lowest BCUT2D eigenvalue weighted by Crippen LogP contribution is -2.47. The average molecular weight is 285 g/mol. The molecular weight excluding hydrogens is 269 g/mol. The lowest BCUT2D eigenvalue weighted by Gasteiger charge is -2.23. The van der Waals surface area contributed by atoms with Crippen LogP contribution in [0.5, 0.6) is 0 Å². The van der Waals surface area contributed by atoms with E-state index < -0.39 is 21.2 Å². The number of benzene rings is 1. The highest BCUT2D eigenvalue weighted by Crippen LogP contribution is 2.23. The molecule has 19 heavy (non-hydrogen) atoms. The normalized spacial score (nSPS) is 25.2. The maximum atomic E-state index is 13.4. The van der Waals surface area contributed by atoms with Crippen LogP contribution >= 0.6 is 0 Å². The van der Waals surface area contributed by atoms with E-state index in [0.29, 0.717) is 12.0 Å². The molecule has 1 aliphatic heterocycles. The van der Waals surface area contributed by atoms with Gasteiger partial charge in [-0.3, -0.25) is 4.79 Å². The van der Waals surface area contributed by atoms with Gasteiger partial charge in [0, 0.05) is 0 Å². The van der Waals surface area contributed by atoms with Crippen molar-refractivity contribution in [3.8, 4) is 0 Å². The number of hydrogen-bond acceptors (Lipinski definition) is 3. The molecule has 0 bridgehead atoms. The Morgan fingerprint density at radius 1 is 1.42 bits per heavy atom. The average Bonchev–Trinajstić information content (AvgIpc) is 2.56. The van der Waals surface area contributed by atoms with Crippen LogP contribution in [-0.2, 0) is 21.1 Å². The van der Waals surface area contributed by atoms with Gasteiger partial charge in [-0.25, -0.2) is 12.8 Å². The lowest BCUT2D eigenvalue weighted by molar-refractivity contribution is -0.122. The summed E-state index contributed by atoms with van der Waals surface area (Å²) in [5.74, 6) is -0.751. The molecule has 1 fully saturated rings. The third-order valence-corrected chi connectivity index (χ3v) is 5.16. The standard InChI is InChI=1S/C13H16FNO3S/c1-13(6-7-19(17,18)9-13)15-12(16)8-10-4-2-3-5-11(10)14/h2-5H,6-9H2,1H3,(H,15,16). The number of amides is 1. The zero-order valence-electron chi connectivity index (χ0n) is 10.6. The van der Waals surface area contributed by atoms with Crippen molar-refractivity contribution in [2.24, 2.45) is 0 Å². The molecular formula is C13H16FNO3S. The van der Waals surface area contributed by atoms with E-state index >= 15 is 0 Å². The van der Waals surface area contributed by atoms with Gasteiger partial charge in [-0.05, 0) is 25.0 Å². The van der Waals surface area contributed by atoms with Gasteiger partial charge in [0.05, 0.1) is 23.5 Å². The second-order valence-corrected chi connectivity index (χ2v) is 7.40. The van der Waals surface area contributed by atoms with Gasteiger partial charge in [-0.15, -0.1) is 0 Å². The van der Waals surface area contributed by atoms with Crippen molar-refractivity contribution in [2.45, 2.75) is 25.3 Å². The molecule has 1 unspecified atom stereocenters. The second-order valence-electron chi connectivity index (χ2n) is 5.22. The number of carbonyl (C=O) groups is 1. The molecule has 2 rings (SSSR count). The van der Waals surface area contributed by atoms with E-state index in [1.165, 1.54) is 6.07 Å². The molecule has 4 nitrogen and oxygen atoms in total. The summed E-state index contributed by atoms with van der Waals surface area (Å²) >= 11 is 0. The smallest absolute Gasteiger partial charge is 0.224 e. The summed E-state index contributed by atoms with van der Waals surface area (Å²) < 4.78 is 36.3. The van der Waals surface area contributed by atoms with E-state index in [1.807, 2.05) is 0 Å². The van der Waals surface area contributed by atoms with Crippen LogP contribution in [0, 0.1) is 5.82 Å². The minimum absolute atomic E-state index is 0.0526. The highest BCUT2D eigenvalue weighted by atomic mass is 32.2. The van der Waals surface area contributed by atoms with Crippen LogP contribution in [0.3, 0.4) is 0 Å². The Balaban J connectivity index is 2.01. The van der Waals surface area contributed by atoms with Crippen molar-refractivity contribution in [3.05, 3.63) is 35.6 Å². The summed E-state index contributed by atoms with van der Waals surface area (Å²) in [6, 6.07) is 6.06. The summed E-state index contributed by atoms with van der Waals surface area (Å²) in [7, 11) is -3.07. The molecule has 0 spiro atoms. The van der Waals surface area contributed by atoms with E-state index in [1.54, 1.807) is 25.1 Å². The van der Waals surface area contributed by atoms with Crippen LogP contribution < -0.4 is 5.32 Å². The van der Waals surface area contributed by atoms with Gasteiger partial charge in [0.2, 0.25) is 5.91 Å².